The Morgan fingerprint density at radius 3 is 2.56 bits per heavy atom. The lowest BCUT2D eigenvalue weighted by molar-refractivity contribution is -0.152. The van der Waals surface area contributed by atoms with Crippen LogP contribution in [0.4, 0.5) is 24.9 Å². The second-order valence-corrected chi connectivity index (χ2v) is 8.38. The van der Waals surface area contributed by atoms with E-state index in [1.54, 1.807) is 12.1 Å². The van der Waals surface area contributed by atoms with E-state index >= 15 is 0 Å². The van der Waals surface area contributed by atoms with Crippen LogP contribution in [0.1, 0.15) is 29.8 Å². The molecule has 0 radical (unpaired) electrons. The molecule has 0 amide bonds. The molecule has 2 saturated heterocycles. The average Bonchev–Trinajstić information content (AvgIpc) is 3.11. The van der Waals surface area contributed by atoms with Gasteiger partial charge in [-0.3, -0.25) is 19.1 Å². The maximum absolute atomic E-state index is 13.9. The number of ketones is 1. The molecular weight excluding hydrogens is 427 g/mol. The zero-order valence-electron chi connectivity index (χ0n) is 17.2. The highest BCUT2D eigenvalue weighted by Crippen LogP contribution is 2.35. The van der Waals surface area contributed by atoms with Crippen LogP contribution in [0.25, 0.3) is 0 Å². The number of morpholine rings is 1. The Hall–Kier alpha value is -2.95. The summed E-state index contributed by atoms with van der Waals surface area (Å²) in [6, 6.07) is 4.11. The van der Waals surface area contributed by atoms with E-state index < -0.39 is 30.1 Å². The van der Waals surface area contributed by atoms with Crippen molar-refractivity contribution in [3.8, 4) is 0 Å². The van der Waals surface area contributed by atoms with Gasteiger partial charge in [-0.25, -0.2) is 0 Å². The Kier molecular flexibility index (Phi) is 5.15. The van der Waals surface area contributed by atoms with Gasteiger partial charge in [-0.2, -0.15) is 18.2 Å². The van der Waals surface area contributed by atoms with Crippen LogP contribution in [0.2, 0.25) is 0 Å². The zero-order chi connectivity index (χ0) is 22.5. The summed E-state index contributed by atoms with van der Waals surface area (Å²) in [7, 11) is 0. The molecule has 0 aliphatic carbocycles. The molecule has 2 bridgehead atoms. The van der Waals surface area contributed by atoms with E-state index in [9.17, 15) is 22.8 Å². The Morgan fingerprint density at radius 2 is 1.91 bits per heavy atom. The van der Waals surface area contributed by atoms with Crippen LogP contribution in [0, 0.1) is 0 Å². The first-order valence-corrected chi connectivity index (χ1v) is 10.6. The number of halogens is 3. The smallest absolute Gasteiger partial charge is 0.371 e. The Bertz CT molecular complexity index is 1060. The molecule has 3 aliphatic rings. The summed E-state index contributed by atoms with van der Waals surface area (Å²) in [6.45, 7) is 0.365. The number of Topliss-reactive ketones (excluding diaryl/α,β-unsaturated/α-hetero) is 1. The maximum Gasteiger partial charge on any atom is 0.408 e. The van der Waals surface area contributed by atoms with Crippen LogP contribution in [0.15, 0.2) is 35.3 Å². The Labute approximate surface area is 181 Å². The minimum atomic E-state index is -4.58. The van der Waals surface area contributed by atoms with Crippen LogP contribution < -0.4 is 15.4 Å². The third-order valence-electron chi connectivity index (χ3n) is 6.24. The van der Waals surface area contributed by atoms with Gasteiger partial charge in [-0.15, -0.1) is 0 Å². The molecule has 170 valence electrons. The van der Waals surface area contributed by atoms with E-state index in [0.717, 1.165) is 17.7 Å². The molecule has 2 aromatic rings. The van der Waals surface area contributed by atoms with Gasteiger partial charge < -0.3 is 14.5 Å². The van der Waals surface area contributed by atoms with Gasteiger partial charge >= 0.3 is 6.18 Å². The first-order chi connectivity index (χ1) is 15.3. The van der Waals surface area contributed by atoms with Gasteiger partial charge in [0.15, 0.2) is 5.78 Å². The van der Waals surface area contributed by atoms with E-state index in [4.69, 9.17) is 4.74 Å². The van der Waals surface area contributed by atoms with Crippen LogP contribution >= 0.6 is 0 Å². The van der Waals surface area contributed by atoms with Crippen molar-refractivity contribution in [1.29, 1.82) is 0 Å². The monoisotopic (exact) mass is 449 g/mol. The molecule has 0 saturated carbocycles. The quantitative estimate of drug-likeness (QED) is 0.661. The van der Waals surface area contributed by atoms with Gasteiger partial charge in [0.05, 0.1) is 18.8 Å². The fourth-order valence-corrected chi connectivity index (χ4v) is 4.71. The lowest BCUT2D eigenvalue weighted by atomic mass is 10.1. The van der Waals surface area contributed by atoms with E-state index in [1.807, 2.05) is 4.90 Å². The minimum Gasteiger partial charge on any atom is -0.371 e. The van der Waals surface area contributed by atoms with Crippen LogP contribution in [-0.4, -0.2) is 64.4 Å². The number of alkyl halides is 3. The van der Waals surface area contributed by atoms with Gasteiger partial charge in [0.1, 0.15) is 17.6 Å². The largest absolute Gasteiger partial charge is 0.408 e. The number of aromatic nitrogens is 3. The molecule has 2 fully saturated rings. The van der Waals surface area contributed by atoms with E-state index in [2.05, 4.69) is 9.97 Å². The molecule has 0 spiro atoms. The van der Waals surface area contributed by atoms with Crippen molar-refractivity contribution >= 4 is 17.5 Å². The molecule has 3 atom stereocenters. The Balaban J connectivity index is 1.53. The average molecular weight is 449 g/mol. The van der Waals surface area contributed by atoms with Gasteiger partial charge in [-0.05, 0) is 31.4 Å². The number of nitrogens with zero attached hydrogens (tertiary/aromatic N) is 5. The third-order valence-corrected chi connectivity index (χ3v) is 6.24. The summed E-state index contributed by atoms with van der Waals surface area (Å²) < 4.78 is 48.7. The number of anilines is 2. The van der Waals surface area contributed by atoms with Gasteiger partial charge in [0, 0.05) is 31.9 Å². The number of pyridine rings is 1. The molecule has 32 heavy (non-hydrogen) atoms. The number of fused-ring (bicyclic) bond motifs is 3. The van der Waals surface area contributed by atoms with Gasteiger partial charge in [0.25, 0.3) is 5.56 Å². The highest BCUT2D eigenvalue weighted by molar-refractivity contribution is 5.97. The highest BCUT2D eigenvalue weighted by atomic mass is 19.4. The topological polar surface area (TPSA) is 80.6 Å². The van der Waals surface area contributed by atoms with Crippen molar-refractivity contribution in [3.05, 3.63) is 46.5 Å². The molecule has 0 N–H and O–H groups in total. The zero-order valence-corrected chi connectivity index (χ0v) is 17.2. The predicted octanol–water partition coefficient (Wildman–Crippen LogP) is 2.03. The second kappa shape index (κ2) is 7.88. The number of hydrogen-bond acceptors (Lipinski definition) is 7. The molecule has 3 unspecified atom stereocenters. The van der Waals surface area contributed by atoms with E-state index in [0.29, 0.717) is 18.9 Å². The summed E-state index contributed by atoms with van der Waals surface area (Å²) >= 11 is 0. The number of carbonyl (C=O) groups excluding carboxylic acids is 1. The molecule has 3 aliphatic heterocycles. The van der Waals surface area contributed by atoms with Crippen LogP contribution in [0.3, 0.4) is 0 Å². The highest BCUT2D eigenvalue weighted by Gasteiger charge is 2.47. The summed E-state index contributed by atoms with van der Waals surface area (Å²) in [5.74, 6) is -0.388. The molecule has 5 heterocycles. The van der Waals surface area contributed by atoms with Crippen LogP contribution in [0.5, 0.6) is 0 Å². The van der Waals surface area contributed by atoms with Crippen molar-refractivity contribution in [1.82, 2.24) is 14.5 Å². The minimum absolute atomic E-state index is 0.0269. The fraction of sp³-hybridized carbons (Fsp3) is 0.524. The SMILES string of the molecule is O=C(CN1c2nc(N3CC4CCC(C3)O4)cc(=O)n2CCC1C(F)(F)F)c1ccccn1. The molecule has 8 nitrogen and oxygen atoms in total. The fourth-order valence-electron chi connectivity index (χ4n) is 4.71. The van der Waals surface area contributed by atoms with Crippen molar-refractivity contribution < 1.29 is 22.7 Å². The Morgan fingerprint density at radius 1 is 1.16 bits per heavy atom. The molecule has 11 heteroatoms. The number of carbonyl (C=O) groups is 1. The molecule has 2 aromatic heterocycles. The number of rotatable bonds is 4. The summed E-state index contributed by atoms with van der Waals surface area (Å²) in [5.41, 5.74) is -0.367. The summed E-state index contributed by atoms with van der Waals surface area (Å²) in [5, 5.41) is 0. The third kappa shape index (κ3) is 3.85. The standard InChI is InChI=1S/C21H22F3N5O3/c22-21(23,24)17-6-8-28-19(31)9-18(27-10-13-4-5-14(11-27)32-13)26-20(28)29(17)12-16(30)15-3-1-2-7-25-15/h1-3,7,9,13-14,17H,4-6,8,10-12H2. The lowest BCUT2D eigenvalue weighted by Gasteiger charge is -2.39. The number of hydrogen-bond donors (Lipinski definition) is 0. The van der Waals surface area contributed by atoms with E-state index in [1.165, 1.54) is 22.9 Å². The lowest BCUT2D eigenvalue weighted by Crippen LogP contribution is -2.54. The normalized spacial score (nSPS) is 25.0. The molecule has 0 aromatic carbocycles. The number of ether oxygens (including phenoxy) is 1. The van der Waals surface area contributed by atoms with Crippen LogP contribution in [-0.2, 0) is 11.3 Å². The molecular formula is C21H22F3N5O3. The van der Waals surface area contributed by atoms with Crippen molar-refractivity contribution in [2.75, 3.05) is 29.4 Å². The van der Waals surface area contributed by atoms with Gasteiger partial charge in [-0.1, -0.05) is 6.07 Å². The van der Waals surface area contributed by atoms with Crippen molar-refractivity contribution in [3.63, 3.8) is 0 Å². The van der Waals surface area contributed by atoms with Crippen molar-refractivity contribution in [2.24, 2.45) is 0 Å². The first-order valence-electron chi connectivity index (χ1n) is 10.6. The van der Waals surface area contributed by atoms with E-state index in [-0.39, 0.29) is 36.8 Å². The summed E-state index contributed by atoms with van der Waals surface area (Å²) in [6.07, 6.45) is -1.64. The summed E-state index contributed by atoms with van der Waals surface area (Å²) in [4.78, 5) is 36.8. The first kappa shape index (κ1) is 20.9. The maximum atomic E-state index is 13.9. The second-order valence-electron chi connectivity index (χ2n) is 8.38. The van der Waals surface area contributed by atoms with Gasteiger partial charge in [0.2, 0.25) is 5.95 Å². The molecule has 5 rings (SSSR count). The van der Waals surface area contributed by atoms with Crippen molar-refractivity contribution in [2.45, 2.75) is 50.2 Å². The predicted molar refractivity (Wildman–Crippen MR) is 109 cm³/mol.